The average Bonchev–Trinajstić information content (AvgIpc) is 3.29. The van der Waals surface area contributed by atoms with E-state index in [2.05, 4.69) is 15.6 Å². The van der Waals surface area contributed by atoms with Crippen LogP contribution >= 0.6 is 22.9 Å². The number of rotatable bonds is 5. The first-order chi connectivity index (χ1) is 14.4. The zero-order valence-electron chi connectivity index (χ0n) is 16.0. The molecule has 0 fully saturated rings. The summed E-state index contributed by atoms with van der Waals surface area (Å²) >= 11 is 7.88. The summed E-state index contributed by atoms with van der Waals surface area (Å²) in [6, 6.07) is 14.2. The van der Waals surface area contributed by atoms with E-state index >= 15 is 0 Å². The topological polar surface area (TPSA) is 78.9 Å². The lowest BCUT2D eigenvalue weighted by molar-refractivity contribution is 0.0697. The second-order valence-corrected chi connectivity index (χ2v) is 8.53. The van der Waals surface area contributed by atoms with Crippen molar-refractivity contribution in [1.29, 1.82) is 5.26 Å². The largest absolute Gasteiger partial charge is 0.478 e. The molecule has 0 aliphatic heterocycles. The van der Waals surface area contributed by atoms with E-state index < -0.39 is 5.97 Å². The van der Waals surface area contributed by atoms with Crippen LogP contribution in [-0.2, 0) is 6.54 Å². The summed E-state index contributed by atoms with van der Waals surface area (Å²) in [6.07, 6.45) is 5.69. The number of nitrogens with zero attached hydrogens (tertiary/aromatic N) is 3. The number of carboxylic acids is 1. The van der Waals surface area contributed by atoms with Gasteiger partial charge in [0.1, 0.15) is 0 Å². The lowest BCUT2D eigenvalue weighted by Gasteiger charge is -2.03. The maximum Gasteiger partial charge on any atom is 0.335 e. The molecule has 0 unspecified atom stereocenters. The number of aryl methyl sites for hydroxylation is 1. The monoisotopic (exact) mass is 433 g/mol. The van der Waals surface area contributed by atoms with Gasteiger partial charge in [0.25, 0.3) is 0 Å². The second-order valence-electron chi connectivity index (χ2n) is 6.77. The summed E-state index contributed by atoms with van der Waals surface area (Å²) in [7, 11) is 0. The van der Waals surface area contributed by atoms with Gasteiger partial charge in [-0.2, -0.15) is 5.26 Å². The van der Waals surface area contributed by atoms with Crippen LogP contribution in [-0.4, -0.2) is 20.6 Å². The molecule has 1 N–H and O–H groups in total. The van der Waals surface area contributed by atoms with E-state index in [1.165, 1.54) is 12.1 Å². The van der Waals surface area contributed by atoms with Gasteiger partial charge in [-0.25, -0.2) is 9.78 Å². The molecule has 0 saturated carbocycles. The number of carbonyl (C=O) groups is 1. The smallest absolute Gasteiger partial charge is 0.335 e. The molecule has 0 amide bonds. The van der Waals surface area contributed by atoms with Crippen LogP contribution in [0.4, 0.5) is 0 Å². The van der Waals surface area contributed by atoms with Crippen molar-refractivity contribution in [2.75, 3.05) is 0 Å². The molecular formula is C23H16ClN3O2S. The zero-order valence-corrected chi connectivity index (χ0v) is 17.5. The maximum atomic E-state index is 11.1. The predicted octanol–water partition coefficient (Wildman–Crippen LogP) is 5.87. The molecule has 0 radical (unpaired) electrons. The molecule has 0 atom stereocenters. The highest BCUT2D eigenvalue weighted by atomic mass is 35.5. The highest BCUT2D eigenvalue weighted by molar-refractivity contribution is 7.11. The van der Waals surface area contributed by atoms with E-state index in [4.69, 9.17) is 16.7 Å². The molecule has 30 heavy (non-hydrogen) atoms. The van der Waals surface area contributed by atoms with Crippen LogP contribution in [0.3, 0.4) is 0 Å². The van der Waals surface area contributed by atoms with E-state index in [-0.39, 0.29) is 5.56 Å². The molecule has 7 heteroatoms. The van der Waals surface area contributed by atoms with Crippen LogP contribution in [0.2, 0.25) is 5.02 Å². The molecule has 0 aliphatic rings. The number of carboxylic acid groups (broad SMARTS) is 1. The normalized spacial score (nSPS) is 11.6. The van der Waals surface area contributed by atoms with Crippen molar-refractivity contribution in [3.8, 4) is 6.07 Å². The fourth-order valence-electron chi connectivity index (χ4n) is 3.31. The maximum absolute atomic E-state index is 11.1. The number of aromatic nitrogens is 2. The Bertz CT molecular complexity index is 1330. The van der Waals surface area contributed by atoms with Gasteiger partial charge in [-0.3, -0.25) is 0 Å². The van der Waals surface area contributed by atoms with Gasteiger partial charge in [-0.15, -0.1) is 11.3 Å². The quantitative estimate of drug-likeness (QED) is 0.399. The van der Waals surface area contributed by atoms with Crippen LogP contribution in [0.5, 0.6) is 0 Å². The van der Waals surface area contributed by atoms with Crippen LogP contribution in [0.25, 0.3) is 22.6 Å². The van der Waals surface area contributed by atoms with Crippen molar-refractivity contribution in [3.63, 3.8) is 0 Å². The predicted molar refractivity (Wildman–Crippen MR) is 120 cm³/mol. The Hall–Kier alpha value is -3.40. The third-order valence-corrected chi connectivity index (χ3v) is 5.87. The number of thiazole rings is 1. The fourth-order valence-corrected chi connectivity index (χ4v) is 4.27. The molecule has 2 aromatic heterocycles. The lowest BCUT2D eigenvalue weighted by atomic mass is 10.0. The molecule has 0 spiro atoms. The van der Waals surface area contributed by atoms with E-state index in [9.17, 15) is 10.1 Å². The molecule has 4 aromatic rings. The molecule has 4 rings (SSSR count). The first-order valence-corrected chi connectivity index (χ1v) is 10.3. The first-order valence-electron chi connectivity index (χ1n) is 9.10. The van der Waals surface area contributed by atoms with Crippen molar-refractivity contribution in [2.24, 2.45) is 0 Å². The average molecular weight is 434 g/mol. The van der Waals surface area contributed by atoms with Gasteiger partial charge in [-0.05, 0) is 42.8 Å². The Labute approximate surface area is 182 Å². The van der Waals surface area contributed by atoms with Gasteiger partial charge >= 0.3 is 5.97 Å². The minimum atomic E-state index is -0.998. The van der Waals surface area contributed by atoms with E-state index in [0.29, 0.717) is 22.7 Å². The number of halogens is 1. The Kier molecular flexibility index (Phi) is 5.40. The number of hydrogen-bond acceptors (Lipinski definition) is 4. The van der Waals surface area contributed by atoms with Crippen molar-refractivity contribution in [1.82, 2.24) is 9.55 Å². The minimum absolute atomic E-state index is 0.183. The van der Waals surface area contributed by atoms with Gasteiger partial charge in [0.05, 0.1) is 34.3 Å². The SMILES string of the molecule is Cc1ncc(Cn2cc(/C=C(\C#N)c3ccc(C(=O)O)cc3)c3ccc(Cl)cc32)s1. The van der Waals surface area contributed by atoms with Gasteiger partial charge in [-0.1, -0.05) is 29.8 Å². The summed E-state index contributed by atoms with van der Waals surface area (Å²) in [4.78, 5) is 16.5. The summed E-state index contributed by atoms with van der Waals surface area (Å²) < 4.78 is 2.10. The number of fused-ring (bicyclic) bond motifs is 1. The highest BCUT2D eigenvalue weighted by Gasteiger charge is 2.12. The number of hydrogen-bond donors (Lipinski definition) is 1. The van der Waals surface area contributed by atoms with Gasteiger partial charge in [0.15, 0.2) is 0 Å². The van der Waals surface area contributed by atoms with E-state index in [1.54, 1.807) is 23.5 Å². The molecule has 5 nitrogen and oxygen atoms in total. The van der Waals surface area contributed by atoms with Gasteiger partial charge in [0.2, 0.25) is 0 Å². The summed E-state index contributed by atoms with van der Waals surface area (Å²) in [5.41, 5.74) is 3.16. The molecule has 0 saturated heterocycles. The summed E-state index contributed by atoms with van der Waals surface area (Å²) in [5.74, 6) is -0.998. The minimum Gasteiger partial charge on any atom is -0.478 e. The zero-order chi connectivity index (χ0) is 21.3. The third-order valence-electron chi connectivity index (χ3n) is 4.73. The number of benzene rings is 2. The van der Waals surface area contributed by atoms with E-state index in [1.807, 2.05) is 43.6 Å². The molecule has 2 aromatic carbocycles. The number of nitriles is 1. The number of aromatic carboxylic acids is 1. The third kappa shape index (κ3) is 3.99. The molecule has 148 valence electrons. The lowest BCUT2D eigenvalue weighted by Crippen LogP contribution is -1.95. The standard InChI is InChI=1S/C23H16ClN3O2S/c1-14-26-11-20(30-14)13-27-12-18(21-7-6-19(24)9-22(21)27)8-17(10-25)15-2-4-16(5-3-15)23(28)29/h2-9,11-12H,13H2,1H3,(H,28,29)/b17-8+. The Balaban J connectivity index is 1.79. The van der Waals surface area contributed by atoms with Crippen molar-refractivity contribution < 1.29 is 9.90 Å². The summed E-state index contributed by atoms with van der Waals surface area (Å²) in [6.45, 7) is 2.63. The molecule has 2 heterocycles. The van der Waals surface area contributed by atoms with E-state index in [0.717, 1.165) is 26.4 Å². The molecule has 0 aliphatic carbocycles. The van der Waals surface area contributed by atoms with Crippen LogP contribution in [0, 0.1) is 18.3 Å². The first kappa shape index (κ1) is 19.9. The Morgan fingerprint density at radius 2 is 2.00 bits per heavy atom. The van der Waals surface area contributed by atoms with Crippen LogP contribution in [0.1, 0.15) is 31.4 Å². The highest BCUT2D eigenvalue weighted by Crippen LogP contribution is 2.29. The van der Waals surface area contributed by atoms with Crippen LogP contribution < -0.4 is 0 Å². The van der Waals surface area contributed by atoms with Crippen molar-refractivity contribution >= 4 is 51.5 Å². The Morgan fingerprint density at radius 3 is 2.63 bits per heavy atom. The number of allylic oxidation sites excluding steroid dienone is 1. The van der Waals surface area contributed by atoms with Crippen LogP contribution in [0.15, 0.2) is 54.9 Å². The van der Waals surface area contributed by atoms with Crippen molar-refractivity contribution in [2.45, 2.75) is 13.5 Å². The summed E-state index contributed by atoms with van der Waals surface area (Å²) in [5, 5.41) is 21.4. The van der Waals surface area contributed by atoms with Gasteiger partial charge in [0, 0.05) is 33.2 Å². The van der Waals surface area contributed by atoms with Crippen molar-refractivity contribution in [3.05, 3.63) is 86.5 Å². The molecule has 0 bridgehead atoms. The Morgan fingerprint density at radius 1 is 1.27 bits per heavy atom. The molecular weight excluding hydrogens is 418 g/mol. The second kappa shape index (κ2) is 8.15. The fraction of sp³-hybridized carbons (Fsp3) is 0.0870. The van der Waals surface area contributed by atoms with Gasteiger partial charge < -0.3 is 9.67 Å².